The third kappa shape index (κ3) is 10.1. The smallest absolute Gasteiger partial charge is 0.408 e. The Morgan fingerprint density at radius 3 is 2.43 bits per heavy atom. The van der Waals surface area contributed by atoms with E-state index in [1.165, 1.54) is 16.2 Å². The van der Waals surface area contributed by atoms with E-state index in [-0.39, 0.29) is 47.1 Å². The second-order valence-corrected chi connectivity index (χ2v) is 22.2. The minimum atomic E-state index is -4.30. The molecular formula is C45H55Cl2N6O8PS. The molecule has 14 nitrogen and oxygen atoms in total. The number of thiazole rings is 1. The van der Waals surface area contributed by atoms with E-state index in [2.05, 4.69) is 22.5 Å². The molecule has 3 heterocycles. The first kappa shape index (κ1) is 46.6. The highest BCUT2D eigenvalue weighted by molar-refractivity contribution is 7.59. The Morgan fingerprint density at radius 1 is 1.08 bits per heavy atom. The van der Waals surface area contributed by atoms with Crippen molar-refractivity contribution >= 4 is 75.8 Å². The minimum absolute atomic E-state index is 0.0102. The van der Waals surface area contributed by atoms with E-state index in [1.807, 2.05) is 46.1 Å². The number of carbonyl (C=O) groups is 3. The van der Waals surface area contributed by atoms with Crippen molar-refractivity contribution in [3.63, 3.8) is 0 Å². The Hall–Kier alpha value is -4.40. The maximum absolute atomic E-state index is 14.9. The van der Waals surface area contributed by atoms with Crippen molar-refractivity contribution in [2.24, 2.45) is 11.3 Å². The summed E-state index contributed by atoms with van der Waals surface area (Å²) in [5, 5.41) is 11.2. The van der Waals surface area contributed by atoms with Crippen LogP contribution in [0.5, 0.6) is 11.5 Å². The zero-order chi connectivity index (χ0) is 45.4. The second kappa shape index (κ2) is 18.6. The van der Waals surface area contributed by atoms with Gasteiger partial charge < -0.3 is 40.0 Å². The molecule has 0 spiro atoms. The van der Waals surface area contributed by atoms with E-state index in [0.29, 0.717) is 33.8 Å². The van der Waals surface area contributed by atoms with Crippen molar-refractivity contribution in [3.8, 4) is 22.9 Å². The van der Waals surface area contributed by atoms with E-state index in [9.17, 15) is 23.8 Å². The predicted molar refractivity (Wildman–Crippen MR) is 247 cm³/mol. The number of ether oxygens (including phenoxy) is 3. The number of halogens is 2. The molecule has 0 radical (unpaired) electrons. The molecule has 3 aliphatic rings. The summed E-state index contributed by atoms with van der Waals surface area (Å²) in [6.07, 6.45) is 2.98. The van der Waals surface area contributed by atoms with Crippen LogP contribution in [0.15, 0.2) is 60.5 Å². The lowest BCUT2D eigenvalue weighted by atomic mass is 9.85. The van der Waals surface area contributed by atoms with E-state index in [1.54, 1.807) is 49.6 Å². The summed E-state index contributed by atoms with van der Waals surface area (Å²) in [4.78, 5) is 65.9. The van der Waals surface area contributed by atoms with Crippen LogP contribution >= 0.6 is 41.9 Å². The van der Waals surface area contributed by atoms with Crippen molar-refractivity contribution in [1.82, 2.24) is 25.5 Å². The molecule has 7 rings (SSSR count). The summed E-state index contributed by atoms with van der Waals surface area (Å²) in [6, 6.07) is 9.91. The van der Waals surface area contributed by atoms with Crippen LogP contribution in [0.2, 0.25) is 10.0 Å². The van der Waals surface area contributed by atoms with Gasteiger partial charge in [-0.25, -0.2) is 14.8 Å². The average Bonchev–Trinajstić information content (AvgIpc) is 3.62. The molecule has 1 saturated heterocycles. The number of rotatable bonds is 15. The van der Waals surface area contributed by atoms with Crippen molar-refractivity contribution in [2.45, 2.75) is 115 Å². The molecule has 2 aromatic heterocycles. The summed E-state index contributed by atoms with van der Waals surface area (Å²) < 4.78 is 32.5. The summed E-state index contributed by atoms with van der Waals surface area (Å²) >= 11 is 14.4. The molecule has 2 saturated carbocycles. The van der Waals surface area contributed by atoms with Gasteiger partial charge in [0.1, 0.15) is 46.8 Å². The fraction of sp³-hybridized carbons (Fsp3) is 0.489. The SMILES string of the molecule is C=C[C@@H]1C[C@]1(NC(=O)[C@@H]1C[C@@H](Oc2cc(-c3csc(NC(C)C)n3)nc3cc(OC)ccc23)CN1C(=O)C(NC(=O)OC1CCCC1)C(C)(C)C)P(=O)(O)Cc1c(Cl)cccc1Cl. The molecule has 3 fully saturated rings. The van der Waals surface area contributed by atoms with Gasteiger partial charge in [0.05, 0.1) is 31.0 Å². The van der Waals surface area contributed by atoms with Crippen LogP contribution in [0.25, 0.3) is 22.3 Å². The highest BCUT2D eigenvalue weighted by Gasteiger charge is 2.66. The lowest BCUT2D eigenvalue weighted by Crippen LogP contribution is -2.58. The number of alkyl carbamates (subject to hydrolysis) is 1. The van der Waals surface area contributed by atoms with Crippen LogP contribution < -0.4 is 25.4 Å². The van der Waals surface area contributed by atoms with Gasteiger partial charge in [0.15, 0.2) is 5.13 Å². The molecule has 2 aliphatic carbocycles. The number of aromatic nitrogens is 2. The Morgan fingerprint density at radius 2 is 1.79 bits per heavy atom. The molecule has 2 aromatic carbocycles. The van der Waals surface area contributed by atoms with Gasteiger partial charge in [-0.2, -0.15) is 0 Å². The standard InChI is InChI=1S/C45H55Cl2N6O8PS/c1-8-26-21-45(26,62(57,58)23-31-32(46)14-11-15-33(31)47)52-40(54)37-19-29(22-53(37)41(55)39(44(4,5)6)51-43(56)61-27-12-9-10-13-27)60-38-20-35(36-24-63-42(50-36)48-25(2)3)49-34-18-28(59-7)16-17-30(34)38/h8,11,14-18,20,24-27,29,37,39H,1,9-10,12-13,19,21-23H2,2-7H3,(H,48,50)(H,51,56)(H,52,54)(H,57,58)/t26-,29-,37+,39?,45+/m1/s1. The number of nitrogens with one attached hydrogen (secondary N) is 3. The molecule has 2 unspecified atom stereocenters. The zero-order valence-corrected chi connectivity index (χ0v) is 39.5. The van der Waals surface area contributed by atoms with Gasteiger partial charge in [-0.3, -0.25) is 14.2 Å². The number of benzene rings is 2. The molecule has 4 aromatic rings. The zero-order valence-electron chi connectivity index (χ0n) is 36.3. The molecule has 338 valence electrons. The first-order valence-electron chi connectivity index (χ1n) is 21.2. The van der Waals surface area contributed by atoms with Gasteiger partial charge in [-0.05, 0) is 81.2 Å². The maximum atomic E-state index is 14.9. The summed E-state index contributed by atoms with van der Waals surface area (Å²) in [5.41, 5.74) is 1.21. The third-order valence-corrected chi connectivity index (χ3v) is 16.0. The third-order valence-electron chi connectivity index (χ3n) is 11.9. The monoisotopic (exact) mass is 940 g/mol. The predicted octanol–water partition coefficient (Wildman–Crippen LogP) is 9.41. The topological polar surface area (TPSA) is 181 Å². The van der Waals surface area contributed by atoms with E-state index >= 15 is 0 Å². The van der Waals surface area contributed by atoms with Crippen LogP contribution in [0.4, 0.5) is 9.93 Å². The van der Waals surface area contributed by atoms with Crippen LogP contribution in [0, 0.1) is 11.3 Å². The second-order valence-electron chi connectivity index (χ2n) is 18.0. The highest BCUT2D eigenvalue weighted by Crippen LogP contribution is 2.71. The number of fused-ring (bicyclic) bond motifs is 1. The highest BCUT2D eigenvalue weighted by atomic mass is 35.5. The van der Waals surface area contributed by atoms with E-state index in [4.69, 9.17) is 47.4 Å². The molecule has 3 amide bonds. The van der Waals surface area contributed by atoms with Gasteiger partial charge in [-0.1, -0.05) is 56.1 Å². The summed E-state index contributed by atoms with van der Waals surface area (Å²) in [7, 11) is -2.73. The number of carbonyl (C=O) groups excluding carboxylic acids is 3. The number of hydrogen-bond acceptors (Lipinski definition) is 11. The number of anilines is 1. The fourth-order valence-corrected chi connectivity index (χ4v) is 12.4. The van der Waals surface area contributed by atoms with Crippen molar-refractivity contribution < 1.29 is 38.1 Å². The normalized spacial score (nSPS) is 22.6. The van der Waals surface area contributed by atoms with Gasteiger partial charge in [0, 0.05) is 51.3 Å². The number of pyridine rings is 1. The van der Waals surface area contributed by atoms with Gasteiger partial charge in [-0.15, -0.1) is 17.9 Å². The largest absolute Gasteiger partial charge is 0.497 e. The van der Waals surface area contributed by atoms with Crippen LogP contribution in [0.1, 0.15) is 78.7 Å². The quantitative estimate of drug-likeness (QED) is 0.0659. The molecule has 1 aliphatic heterocycles. The summed E-state index contributed by atoms with van der Waals surface area (Å²) in [6.45, 7) is 13.3. The van der Waals surface area contributed by atoms with Crippen LogP contribution in [-0.2, 0) is 25.1 Å². The Labute approximate surface area is 381 Å². The van der Waals surface area contributed by atoms with E-state index < -0.39 is 66.2 Å². The van der Waals surface area contributed by atoms with Crippen molar-refractivity contribution in [2.75, 3.05) is 19.0 Å². The molecule has 0 bridgehead atoms. The molecule has 6 atom stereocenters. The average molecular weight is 942 g/mol. The van der Waals surface area contributed by atoms with Crippen molar-refractivity contribution in [1.29, 1.82) is 0 Å². The number of likely N-dealkylation sites (tertiary alicyclic amines) is 1. The van der Waals surface area contributed by atoms with Crippen molar-refractivity contribution in [3.05, 3.63) is 76.1 Å². The summed E-state index contributed by atoms with van der Waals surface area (Å²) in [5.74, 6) is -0.710. The Bertz CT molecular complexity index is 2420. The number of nitrogens with zero attached hydrogens (tertiary/aromatic N) is 3. The molecule has 18 heteroatoms. The maximum Gasteiger partial charge on any atom is 0.408 e. The van der Waals surface area contributed by atoms with Gasteiger partial charge >= 0.3 is 6.09 Å². The minimum Gasteiger partial charge on any atom is -0.497 e. The number of methoxy groups -OCH3 is 1. The molecule has 4 N–H and O–H groups in total. The first-order valence-corrected chi connectivity index (χ1v) is 24.7. The Kier molecular flexibility index (Phi) is 13.8. The molecule has 63 heavy (non-hydrogen) atoms. The lowest BCUT2D eigenvalue weighted by Gasteiger charge is -2.36. The lowest BCUT2D eigenvalue weighted by molar-refractivity contribution is -0.142. The van der Waals surface area contributed by atoms with Crippen LogP contribution in [-0.4, -0.2) is 86.9 Å². The number of amides is 3. The van der Waals surface area contributed by atoms with Gasteiger partial charge in [0.2, 0.25) is 19.2 Å². The first-order chi connectivity index (χ1) is 29.8. The van der Waals surface area contributed by atoms with E-state index in [0.717, 1.165) is 30.8 Å². The van der Waals surface area contributed by atoms with Crippen LogP contribution in [0.3, 0.4) is 0 Å². The molecular weight excluding hydrogens is 886 g/mol. The number of hydrogen-bond donors (Lipinski definition) is 4. The fourth-order valence-electron chi connectivity index (χ4n) is 8.44. The Balaban J connectivity index is 1.23. The van der Waals surface area contributed by atoms with Gasteiger partial charge in [0.25, 0.3) is 0 Å².